The van der Waals surface area contributed by atoms with Crippen LogP contribution in [0.2, 0.25) is 0 Å². The molecule has 4 nitrogen and oxygen atoms in total. The largest absolute Gasteiger partial charge is 0.457 e. The molecule has 5 unspecified atom stereocenters. The second-order valence-corrected chi connectivity index (χ2v) is 4.48. The Morgan fingerprint density at radius 2 is 1.94 bits per heavy atom. The maximum Gasteiger partial charge on any atom is 0.303 e. The van der Waals surface area contributed by atoms with E-state index in [9.17, 15) is 4.79 Å². The van der Waals surface area contributed by atoms with Crippen molar-refractivity contribution in [3.63, 3.8) is 0 Å². The van der Waals surface area contributed by atoms with E-state index in [-0.39, 0.29) is 24.1 Å². The molecule has 5 atom stereocenters. The van der Waals surface area contributed by atoms with E-state index in [0.29, 0.717) is 5.92 Å². The predicted molar refractivity (Wildman–Crippen MR) is 59.8 cm³/mol. The second kappa shape index (κ2) is 5.64. The lowest BCUT2D eigenvalue weighted by molar-refractivity contribution is -0.266. The molecule has 0 radical (unpaired) electrons. The van der Waals surface area contributed by atoms with Crippen LogP contribution in [0.5, 0.6) is 0 Å². The zero-order valence-corrected chi connectivity index (χ0v) is 10.7. The summed E-state index contributed by atoms with van der Waals surface area (Å²) in [7, 11) is 1.58. The lowest BCUT2D eigenvalue weighted by Crippen LogP contribution is -2.51. The molecule has 16 heavy (non-hydrogen) atoms. The topological polar surface area (TPSA) is 44.8 Å². The smallest absolute Gasteiger partial charge is 0.303 e. The summed E-state index contributed by atoms with van der Waals surface area (Å²) in [5.74, 6) is 0.318. The van der Waals surface area contributed by atoms with Crippen LogP contribution in [0.25, 0.3) is 0 Å². The molecule has 0 aliphatic carbocycles. The molecule has 1 heterocycles. The first-order valence-electron chi connectivity index (χ1n) is 5.86. The standard InChI is InChI=1S/C12H22O4/c1-6-10-7(2)8(3)11(15-9(4)13)12(14-5)16-10/h7-8,10-12H,6H2,1-5H3. The second-order valence-electron chi connectivity index (χ2n) is 4.48. The number of carbonyl (C=O) groups is 1. The average Bonchev–Trinajstić information content (AvgIpc) is 2.25. The highest BCUT2D eigenvalue weighted by molar-refractivity contribution is 5.66. The van der Waals surface area contributed by atoms with Gasteiger partial charge >= 0.3 is 5.97 Å². The number of ether oxygens (including phenoxy) is 3. The van der Waals surface area contributed by atoms with Crippen molar-refractivity contribution in [1.29, 1.82) is 0 Å². The van der Waals surface area contributed by atoms with Gasteiger partial charge in [-0.1, -0.05) is 20.8 Å². The minimum Gasteiger partial charge on any atom is -0.457 e. The van der Waals surface area contributed by atoms with Crippen molar-refractivity contribution in [1.82, 2.24) is 0 Å². The number of rotatable bonds is 3. The molecule has 94 valence electrons. The van der Waals surface area contributed by atoms with Gasteiger partial charge in [0.05, 0.1) is 6.10 Å². The van der Waals surface area contributed by atoms with Gasteiger partial charge in [-0.2, -0.15) is 0 Å². The molecule has 0 bridgehead atoms. The summed E-state index contributed by atoms with van der Waals surface area (Å²) in [5, 5.41) is 0. The summed E-state index contributed by atoms with van der Waals surface area (Å²) in [5.41, 5.74) is 0. The summed E-state index contributed by atoms with van der Waals surface area (Å²) in [6.45, 7) is 7.71. The molecule has 1 fully saturated rings. The van der Waals surface area contributed by atoms with E-state index in [1.807, 2.05) is 0 Å². The van der Waals surface area contributed by atoms with Crippen LogP contribution < -0.4 is 0 Å². The van der Waals surface area contributed by atoms with Gasteiger partial charge in [0.1, 0.15) is 0 Å². The van der Waals surface area contributed by atoms with Crippen molar-refractivity contribution in [2.24, 2.45) is 11.8 Å². The molecule has 0 aromatic carbocycles. The Kier molecular flexibility index (Phi) is 4.74. The zero-order valence-electron chi connectivity index (χ0n) is 10.7. The monoisotopic (exact) mass is 230 g/mol. The Bertz CT molecular complexity index is 239. The van der Waals surface area contributed by atoms with Gasteiger partial charge in [0.15, 0.2) is 12.4 Å². The molecule has 0 amide bonds. The molecule has 0 spiro atoms. The summed E-state index contributed by atoms with van der Waals surface area (Å²) in [4.78, 5) is 11.0. The number of carbonyl (C=O) groups excluding carboxylic acids is 1. The van der Waals surface area contributed by atoms with Gasteiger partial charge in [-0.25, -0.2) is 0 Å². The van der Waals surface area contributed by atoms with Crippen molar-refractivity contribution in [2.75, 3.05) is 7.11 Å². The normalized spacial score (nSPS) is 39.4. The lowest BCUT2D eigenvalue weighted by Gasteiger charge is -2.43. The molecule has 4 heteroatoms. The predicted octanol–water partition coefficient (Wildman–Crippen LogP) is 1.97. The van der Waals surface area contributed by atoms with E-state index >= 15 is 0 Å². The van der Waals surface area contributed by atoms with Crippen molar-refractivity contribution < 1.29 is 19.0 Å². The van der Waals surface area contributed by atoms with E-state index < -0.39 is 6.29 Å². The highest BCUT2D eigenvalue weighted by Crippen LogP contribution is 2.34. The van der Waals surface area contributed by atoms with Crippen LogP contribution in [0.4, 0.5) is 0 Å². The summed E-state index contributed by atoms with van der Waals surface area (Å²) >= 11 is 0. The number of esters is 1. The quantitative estimate of drug-likeness (QED) is 0.695. The lowest BCUT2D eigenvalue weighted by atomic mass is 9.82. The van der Waals surface area contributed by atoms with Gasteiger partial charge in [-0.15, -0.1) is 0 Å². The minimum atomic E-state index is -0.444. The molecule has 0 N–H and O–H groups in total. The van der Waals surface area contributed by atoms with E-state index in [2.05, 4.69) is 20.8 Å². The van der Waals surface area contributed by atoms with Crippen molar-refractivity contribution >= 4 is 5.97 Å². The minimum absolute atomic E-state index is 0.173. The van der Waals surface area contributed by atoms with Crippen LogP contribution in [-0.2, 0) is 19.0 Å². The Hall–Kier alpha value is -0.610. The molecule has 0 saturated carbocycles. The number of methoxy groups -OCH3 is 1. The summed E-state index contributed by atoms with van der Waals surface area (Å²) < 4.78 is 16.3. The highest BCUT2D eigenvalue weighted by atomic mass is 16.7. The third kappa shape index (κ3) is 2.74. The van der Waals surface area contributed by atoms with Crippen LogP contribution in [0.3, 0.4) is 0 Å². The fourth-order valence-corrected chi connectivity index (χ4v) is 2.27. The Morgan fingerprint density at radius 3 is 2.38 bits per heavy atom. The summed E-state index contributed by atoms with van der Waals surface area (Å²) in [6.07, 6.45) is 0.366. The molecule has 1 aliphatic rings. The van der Waals surface area contributed by atoms with Gasteiger partial charge < -0.3 is 14.2 Å². The van der Waals surface area contributed by atoms with Crippen molar-refractivity contribution in [3.05, 3.63) is 0 Å². The molecule has 1 aliphatic heterocycles. The Morgan fingerprint density at radius 1 is 1.31 bits per heavy atom. The van der Waals surface area contributed by atoms with Crippen LogP contribution >= 0.6 is 0 Å². The Balaban J connectivity index is 2.77. The van der Waals surface area contributed by atoms with Crippen LogP contribution in [-0.4, -0.2) is 31.6 Å². The maximum atomic E-state index is 11.0. The summed E-state index contributed by atoms with van der Waals surface area (Å²) in [6, 6.07) is 0. The van der Waals surface area contributed by atoms with E-state index in [0.717, 1.165) is 6.42 Å². The van der Waals surface area contributed by atoms with Crippen molar-refractivity contribution in [2.45, 2.75) is 52.6 Å². The fourth-order valence-electron chi connectivity index (χ4n) is 2.27. The van der Waals surface area contributed by atoms with Gasteiger partial charge in [-0.05, 0) is 12.3 Å². The van der Waals surface area contributed by atoms with Crippen LogP contribution in [0, 0.1) is 11.8 Å². The van der Waals surface area contributed by atoms with Gasteiger partial charge in [0.25, 0.3) is 0 Å². The maximum absolute atomic E-state index is 11.0. The van der Waals surface area contributed by atoms with E-state index in [4.69, 9.17) is 14.2 Å². The number of hydrogen-bond acceptors (Lipinski definition) is 4. The zero-order chi connectivity index (χ0) is 12.3. The Labute approximate surface area is 97.2 Å². The third-order valence-electron chi connectivity index (χ3n) is 3.45. The van der Waals surface area contributed by atoms with Crippen LogP contribution in [0.1, 0.15) is 34.1 Å². The van der Waals surface area contributed by atoms with Crippen molar-refractivity contribution in [3.8, 4) is 0 Å². The first kappa shape index (κ1) is 13.5. The molecule has 1 saturated heterocycles. The molecular weight excluding hydrogens is 208 g/mol. The molecule has 0 aromatic rings. The first-order chi connectivity index (χ1) is 7.51. The first-order valence-corrected chi connectivity index (χ1v) is 5.86. The highest BCUT2D eigenvalue weighted by Gasteiger charge is 2.42. The van der Waals surface area contributed by atoms with E-state index in [1.165, 1.54) is 6.92 Å². The van der Waals surface area contributed by atoms with Gasteiger partial charge in [0, 0.05) is 20.0 Å². The third-order valence-corrected chi connectivity index (χ3v) is 3.45. The SMILES string of the molecule is CCC1OC(OC)C(OC(C)=O)C(C)C1C. The van der Waals surface area contributed by atoms with Crippen LogP contribution in [0.15, 0.2) is 0 Å². The molecular formula is C12H22O4. The fraction of sp³-hybridized carbons (Fsp3) is 0.917. The number of hydrogen-bond donors (Lipinski definition) is 0. The van der Waals surface area contributed by atoms with Gasteiger partial charge in [-0.3, -0.25) is 4.79 Å². The molecule has 0 aromatic heterocycles. The average molecular weight is 230 g/mol. The van der Waals surface area contributed by atoms with E-state index in [1.54, 1.807) is 7.11 Å². The molecule has 1 rings (SSSR count). The van der Waals surface area contributed by atoms with Gasteiger partial charge in [0.2, 0.25) is 0 Å².